The van der Waals surface area contributed by atoms with Gasteiger partial charge in [0.05, 0.1) is 10.0 Å². The number of halogens is 2. The van der Waals surface area contributed by atoms with Gasteiger partial charge in [-0.05, 0) is 23.8 Å². The second-order valence-corrected chi connectivity index (χ2v) is 7.78. The van der Waals surface area contributed by atoms with Crippen molar-refractivity contribution in [3.63, 3.8) is 0 Å². The predicted octanol–water partition coefficient (Wildman–Crippen LogP) is 4.82. The van der Waals surface area contributed by atoms with Gasteiger partial charge < -0.3 is 9.47 Å². The Kier molecular flexibility index (Phi) is 5.20. The van der Waals surface area contributed by atoms with Crippen molar-refractivity contribution in [1.82, 2.24) is 4.98 Å². The molecular formula is C19H14Cl2N2O3S. The molecule has 0 radical (unpaired) electrons. The monoisotopic (exact) mass is 420 g/mol. The van der Waals surface area contributed by atoms with Crippen LogP contribution in [0, 0.1) is 0 Å². The molecule has 27 heavy (non-hydrogen) atoms. The second-order valence-electron chi connectivity index (χ2n) is 5.87. The lowest BCUT2D eigenvalue weighted by Crippen LogP contribution is -2.40. The number of hydrogen-bond acceptors (Lipinski definition) is 5. The van der Waals surface area contributed by atoms with Crippen LogP contribution in [0.2, 0.25) is 10.0 Å². The molecule has 1 aliphatic rings. The van der Waals surface area contributed by atoms with E-state index in [2.05, 4.69) is 10.3 Å². The molecule has 0 spiro atoms. The fourth-order valence-corrected chi connectivity index (χ4v) is 3.88. The van der Waals surface area contributed by atoms with Crippen molar-refractivity contribution in [3.05, 3.63) is 69.1 Å². The van der Waals surface area contributed by atoms with Gasteiger partial charge in [0.2, 0.25) is 6.10 Å². The average molecular weight is 421 g/mol. The summed E-state index contributed by atoms with van der Waals surface area (Å²) in [6, 6.07) is 12.8. The topological polar surface area (TPSA) is 60.5 Å². The molecule has 0 bridgehead atoms. The van der Waals surface area contributed by atoms with Crippen molar-refractivity contribution in [2.45, 2.75) is 12.5 Å². The summed E-state index contributed by atoms with van der Waals surface area (Å²) in [6.45, 7) is 0.152. The number of nitrogens with one attached hydrogen (secondary N) is 1. The van der Waals surface area contributed by atoms with Crippen LogP contribution in [0.4, 0.5) is 5.13 Å². The number of rotatable bonds is 4. The summed E-state index contributed by atoms with van der Waals surface area (Å²) < 4.78 is 11.3. The van der Waals surface area contributed by atoms with E-state index in [0.717, 1.165) is 10.4 Å². The number of anilines is 1. The van der Waals surface area contributed by atoms with Gasteiger partial charge in [0, 0.05) is 17.5 Å². The molecule has 0 fully saturated rings. The van der Waals surface area contributed by atoms with E-state index >= 15 is 0 Å². The minimum absolute atomic E-state index is 0.152. The van der Waals surface area contributed by atoms with Gasteiger partial charge in [-0.3, -0.25) is 10.1 Å². The van der Waals surface area contributed by atoms with Crippen molar-refractivity contribution in [2.75, 3.05) is 11.9 Å². The van der Waals surface area contributed by atoms with Gasteiger partial charge in [-0.1, -0.05) is 47.5 Å². The fourth-order valence-electron chi connectivity index (χ4n) is 2.65. The van der Waals surface area contributed by atoms with E-state index in [1.807, 2.05) is 24.3 Å². The number of nitrogens with zero attached hydrogens (tertiary/aromatic N) is 1. The van der Waals surface area contributed by atoms with Crippen molar-refractivity contribution in [3.8, 4) is 11.5 Å². The van der Waals surface area contributed by atoms with Crippen LogP contribution < -0.4 is 14.8 Å². The Labute approximate surface area is 169 Å². The molecule has 4 rings (SSSR count). The number of para-hydroxylation sites is 2. The molecule has 8 heteroatoms. The first kappa shape index (κ1) is 18.1. The fraction of sp³-hybridized carbons (Fsp3) is 0.158. The zero-order chi connectivity index (χ0) is 18.8. The number of thiazole rings is 1. The third-order valence-electron chi connectivity index (χ3n) is 3.98. The molecule has 1 aliphatic heterocycles. The maximum atomic E-state index is 12.5. The SMILES string of the molecule is O=C(Nc1ncc(Cc2cccc(Cl)c2Cl)s1)[C@@H]1COc2ccccc2O1. The van der Waals surface area contributed by atoms with Crippen LogP contribution >= 0.6 is 34.5 Å². The van der Waals surface area contributed by atoms with Crippen LogP contribution in [0.25, 0.3) is 0 Å². The molecule has 1 amide bonds. The van der Waals surface area contributed by atoms with Crippen LogP contribution in [0.1, 0.15) is 10.4 Å². The summed E-state index contributed by atoms with van der Waals surface area (Å²) >= 11 is 13.7. The van der Waals surface area contributed by atoms with Crippen LogP contribution in [0.15, 0.2) is 48.7 Å². The molecule has 0 unspecified atom stereocenters. The third-order valence-corrected chi connectivity index (χ3v) is 5.75. The number of carbonyl (C=O) groups is 1. The first-order valence-corrected chi connectivity index (χ1v) is 9.74. The largest absolute Gasteiger partial charge is 0.485 e. The summed E-state index contributed by atoms with van der Waals surface area (Å²) in [5.41, 5.74) is 0.909. The van der Waals surface area contributed by atoms with E-state index in [1.165, 1.54) is 11.3 Å². The first-order chi connectivity index (χ1) is 13.1. The second kappa shape index (κ2) is 7.76. The van der Waals surface area contributed by atoms with Crippen LogP contribution in [0.3, 0.4) is 0 Å². The van der Waals surface area contributed by atoms with Gasteiger partial charge in [-0.2, -0.15) is 0 Å². The predicted molar refractivity (Wildman–Crippen MR) is 106 cm³/mol. The number of benzene rings is 2. The Balaban J connectivity index is 1.41. The standard InChI is InChI=1S/C19H14Cl2N2O3S/c20-13-5-3-4-11(17(13)21)8-12-9-22-19(27-12)23-18(24)16-10-25-14-6-1-2-7-15(14)26-16/h1-7,9,16H,8,10H2,(H,22,23,24)/t16-/m0/s1. The van der Waals surface area contributed by atoms with Crippen molar-refractivity contribution in [2.24, 2.45) is 0 Å². The van der Waals surface area contributed by atoms with E-state index in [0.29, 0.717) is 33.1 Å². The van der Waals surface area contributed by atoms with Crippen LogP contribution in [-0.4, -0.2) is 23.6 Å². The molecular weight excluding hydrogens is 407 g/mol. The molecule has 2 aromatic carbocycles. The number of amides is 1. The van der Waals surface area contributed by atoms with E-state index in [4.69, 9.17) is 32.7 Å². The maximum absolute atomic E-state index is 12.5. The molecule has 2 heterocycles. The Morgan fingerprint density at radius 1 is 1.19 bits per heavy atom. The van der Waals surface area contributed by atoms with Crippen molar-refractivity contribution < 1.29 is 14.3 Å². The molecule has 1 N–H and O–H groups in total. The van der Waals surface area contributed by atoms with E-state index in [-0.39, 0.29) is 12.5 Å². The Hall–Kier alpha value is -2.28. The molecule has 0 saturated heterocycles. The lowest BCUT2D eigenvalue weighted by molar-refractivity contribution is -0.125. The quantitative estimate of drug-likeness (QED) is 0.656. The molecule has 0 aliphatic carbocycles. The highest BCUT2D eigenvalue weighted by molar-refractivity contribution is 7.15. The summed E-state index contributed by atoms with van der Waals surface area (Å²) in [7, 11) is 0. The average Bonchev–Trinajstić information content (AvgIpc) is 3.12. The number of carbonyl (C=O) groups excluding carboxylic acids is 1. The smallest absolute Gasteiger partial charge is 0.270 e. The first-order valence-electron chi connectivity index (χ1n) is 8.17. The van der Waals surface area contributed by atoms with Crippen LogP contribution in [0.5, 0.6) is 11.5 Å². The Bertz CT molecular complexity index is 993. The summed E-state index contributed by atoms with van der Waals surface area (Å²) in [5.74, 6) is 0.891. The molecule has 0 saturated carbocycles. The van der Waals surface area contributed by atoms with Crippen LogP contribution in [-0.2, 0) is 11.2 Å². The van der Waals surface area contributed by atoms with Crippen molar-refractivity contribution in [1.29, 1.82) is 0 Å². The number of ether oxygens (including phenoxy) is 2. The molecule has 138 valence electrons. The van der Waals surface area contributed by atoms with Crippen molar-refractivity contribution >= 4 is 45.6 Å². The van der Waals surface area contributed by atoms with Gasteiger partial charge in [0.1, 0.15) is 6.61 Å². The summed E-state index contributed by atoms with van der Waals surface area (Å²) in [6.07, 6.45) is 1.57. The Morgan fingerprint density at radius 3 is 2.85 bits per heavy atom. The summed E-state index contributed by atoms with van der Waals surface area (Å²) in [4.78, 5) is 17.7. The Morgan fingerprint density at radius 2 is 2.00 bits per heavy atom. The van der Waals surface area contributed by atoms with Gasteiger partial charge in [0.25, 0.3) is 5.91 Å². The number of hydrogen-bond donors (Lipinski definition) is 1. The zero-order valence-electron chi connectivity index (χ0n) is 13.9. The van der Waals surface area contributed by atoms with Gasteiger partial charge in [-0.25, -0.2) is 4.98 Å². The molecule has 1 atom stereocenters. The molecule has 3 aromatic rings. The third kappa shape index (κ3) is 4.03. The zero-order valence-corrected chi connectivity index (χ0v) is 16.3. The minimum atomic E-state index is -0.727. The number of fused-ring (bicyclic) bond motifs is 1. The maximum Gasteiger partial charge on any atom is 0.270 e. The molecule has 5 nitrogen and oxygen atoms in total. The van der Waals surface area contributed by atoms with Gasteiger partial charge >= 0.3 is 0 Å². The summed E-state index contributed by atoms with van der Waals surface area (Å²) in [5, 5.41) is 4.32. The lowest BCUT2D eigenvalue weighted by atomic mass is 10.1. The highest BCUT2D eigenvalue weighted by Crippen LogP contribution is 2.32. The highest BCUT2D eigenvalue weighted by Gasteiger charge is 2.27. The normalized spacial score (nSPS) is 15.4. The van der Waals surface area contributed by atoms with Gasteiger partial charge in [0.15, 0.2) is 16.6 Å². The number of aromatic nitrogens is 1. The highest BCUT2D eigenvalue weighted by atomic mass is 35.5. The van der Waals surface area contributed by atoms with Gasteiger partial charge in [-0.15, -0.1) is 11.3 Å². The van der Waals surface area contributed by atoms with E-state index < -0.39 is 6.10 Å². The van der Waals surface area contributed by atoms with E-state index in [1.54, 1.807) is 24.4 Å². The minimum Gasteiger partial charge on any atom is -0.485 e. The van der Waals surface area contributed by atoms with E-state index in [9.17, 15) is 4.79 Å². The molecule has 1 aromatic heterocycles. The lowest BCUT2D eigenvalue weighted by Gasteiger charge is -2.25.